The number of allylic oxidation sites excluding steroid dienone is 2. The minimum atomic E-state index is -0.0615. The SMILES string of the molecule is C=C(N/C(C=O)=C(\C)NC)C1CCC(c2nnc(-c3cc(Cl)ccc3OCC)o2)N1C. The van der Waals surface area contributed by atoms with Crippen LogP contribution in [0.3, 0.4) is 0 Å². The number of carbonyl (C=O) groups excluding carboxylic acids is 1. The molecule has 9 heteroatoms. The zero-order valence-corrected chi connectivity index (χ0v) is 19.0. The molecule has 1 saturated heterocycles. The van der Waals surface area contributed by atoms with Crippen LogP contribution in [0.5, 0.6) is 5.75 Å². The molecule has 1 aliphatic heterocycles. The number of ether oxygens (including phenoxy) is 1. The van der Waals surface area contributed by atoms with Gasteiger partial charge in [-0.25, -0.2) is 0 Å². The number of aromatic nitrogens is 2. The Morgan fingerprint density at radius 2 is 2.19 bits per heavy atom. The number of hydrogen-bond acceptors (Lipinski definition) is 8. The Balaban J connectivity index is 1.78. The number of hydrogen-bond donors (Lipinski definition) is 2. The monoisotopic (exact) mass is 445 g/mol. The zero-order chi connectivity index (χ0) is 22.5. The van der Waals surface area contributed by atoms with E-state index in [-0.39, 0.29) is 12.1 Å². The second kappa shape index (κ2) is 9.98. The lowest BCUT2D eigenvalue weighted by Crippen LogP contribution is -2.35. The molecule has 2 unspecified atom stereocenters. The number of benzene rings is 1. The molecule has 8 nitrogen and oxygen atoms in total. The molecule has 0 radical (unpaired) electrons. The van der Waals surface area contributed by atoms with E-state index in [1.807, 2.05) is 20.9 Å². The van der Waals surface area contributed by atoms with Crippen molar-refractivity contribution in [2.24, 2.45) is 0 Å². The van der Waals surface area contributed by atoms with Crippen molar-refractivity contribution in [2.75, 3.05) is 20.7 Å². The smallest absolute Gasteiger partial charge is 0.251 e. The molecule has 0 bridgehead atoms. The van der Waals surface area contributed by atoms with Crippen LogP contribution in [0.4, 0.5) is 0 Å². The first kappa shape index (κ1) is 22.8. The predicted molar refractivity (Wildman–Crippen MR) is 120 cm³/mol. The summed E-state index contributed by atoms with van der Waals surface area (Å²) in [5.41, 5.74) is 2.63. The van der Waals surface area contributed by atoms with Gasteiger partial charge >= 0.3 is 0 Å². The summed E-state index contributed by atoms with van der Waals surface area (Å²) >= 11 is 6.16. The van der Waals surface area contributed by atoms with Crippen molar-refractivity contribution in [3.63, 3.8) is 0 Å². The van der Waals surface area contributed by atoms with E-state index in [9.17, 15) is 4.79 Å². The normalized spacial score (nSPS) is 19.6. The lowest BCUT2D eigenvalue weighted by molar-refractivity contribution is -0.105. The molecule has 1 aromatic carbocycles. The molecule has 1 aromatic heterocycles. The van der Waals surface area contributed by atoms with E-state index in [1.54, 1.807) is 25.2 Å². The van der Waals surface area contributed by atoms with Gasteiger partial charge in [0.25, 0.3) is 5.89 Å². The first-order valence-electron chi connectivity index (χ1n) is 10.2. The van der Waals surface area contributed by atoms with E-state index in [0.29, 0.717) is 40.4 Å². The number of carbonyl (C=O) groups is 1. The predicted octanol–water partition coefficient (Wildman–Crippen LogP) is 3.68. The van der Waals surface area contributed by atoms with Crippen molar-refractivity contribution in [1.29, 1.82) is 0 Å². The summed E-state index contributed by atoms with van der Waals surface area (Å²) in [5, 5.41) is 15.2. The van der Waals surface area contributed by atoms with E-state index in [4.69, 9.17) is 20.8 Å². The third kappa shape index (κ3) is 4.91. The third-order valence-electron chi connectivity index (χ3n) is 5.49. The molecule has 2 aromatic rings. The van der Waals surface area contributed by atoms with Crippen LogP contribution >= 0.6 is 11.6 Å². The lowest BCUT2D eigenvalue weighted by Gasteiger charge is -2.26. The first-order valence-corrected chi connectivity index (χ1v) is 10.5. The third-order valence-corrected chi connectivity index (χ3v) is 5.72. The first-order chi connectivity index (χ1) is 14.9. The van der Waals surface area contributed by atoms with Crippen LogP contribution in [0.25, 0.3) is 11.5 Å². The summed E-state index contributed by atoms with van der Waals surface area (Å²) in [6.45, 7) is 8.40. The van der Waals surface area contributed by atoms with Crippen molar-refractivity contribution in [2.45, 2.75) is 38.8 Å². The lowest BCUT2D eigenvalue weighted by atomic mass is 10.1. The Hall–Kier alpha value is -2.84. The number of likely N-dealkylation sites (N-methyl/N-ethyl adjacent to an activating group) is 1. The summed E-state index contributed by atoms with van der Waals surface area (Å²) in [7, 11) is 3.75. The summed E-state index contributed by atoms with van der Waals surface area (Å²) < 4.78 is 11.7. The number of likely N-dealkylation sites (tertiary alicyclic amines) is 1. The number of nitrogens with zero attached hydrogens (tertiary/aromatic N) is 3. The molecular weight excluding hydrogens is 418 g/mol. The van der Waals surface area contributed by atoms with Gasteiger partial charge in [-0.15, -0.1) is 10.2 Å². The Labute approximate surface area is 187 Å². The average Bonchev–Trinajstić information content (AvgIpc) is 3.39. The van der Waals surface area contributed by atoms with Crippen LogP contribution in [0.2, 0.25) is 5.02 Å². The van der Waals surface area contributed by atoms with Gasteiger partial charge in [-0.3, -0.25) is 9.69 Å². The fraction of sp³-hybridized carbons (Fsp3) is 0.409. The van der Waals surface area contributed by atoms with Gasteiger partial charge < -0.3 is 19.8 Å². The fourth-order valence-corrected chi connectivity index (χ4v) is 3.86. The molecule has 2 heterocycles. The number of nitrogens with one attached hydrogen (secondary N) is 2. The number of aldehydes is 1. The molecule has 31 heavy (non-hydrogen) atoms. The molecule has 2 atom stereocenters. The molecule has 1 fully saturated rings. The van der Waals surface area contributed by atoms with Crippen LogP contribution in [0.1, 0.15) is 38.6 Å². The van der Waals surface area contributed by atoms with Crippen molar-refractivity contribution >= 4 is 17.9 Å². The highest BCUT2D eigenvalue weighted by Crippen LogP contribution is 2.38. The minimum absolute atomic E-state index is 0.0186. The number of rotatable bonds is 9. The highest BCUT2D eigenvalue weighted by Gasteiger charge is 2.36. The zero-order valence-electron chi connectivity index (χ0n) is 18.2. The maximum absolute atomic E-state index is 11.4. The Morgan fingerprint density at radius 3 is 2.87 bits per heavy atom. The van der Waals surface area contributed by atoms with Crippen LogP contribution in [-0.4, -0.2) is 48.1 Å². The second-order valence-electron chi connectivity index (χ2n) is 7.35. The maximum atomic E-state index is 11.4. The Kier molecular flexibility index (Phi) is 7.35. The largest absolute Gasteiger partial charge is 0.493 e. The quantitative estimate of drug-likeness (QED) is 0.446. The van der Waals surface area contributed by atoms with Crippen LogP contribution in [-0.2, 0) is 4.79 Å². The average molecular weight is 446 g/mol. The standard InChI is InChI=1S/C22H28ClN5O3/c1-6-30-20-10-7-15(23)11-16(20)21-26-27-22(31-21)19-9-8-18(28(19)5)14(3)25-17(12-29)13(2)24-4/h7,10-12,18-19,24-25H,3,6,8-9H2,1-2,4-5H3/b17-13+. The minimum Gasteiger partial charge on any atom is -0.493 e. The van der Waals surface area contributed by atoms with Gasteiger partial charge in [0.05, 0.1) is 23.9 Å². The molecular formula is C22H28ClN5O3. The van der Waals surface area contributed by atoms with Gasteiger partial charge in [0, 0.05) is 29.5 Å². The van der Waals surface area contributed by atoms with Gasteiger partial charge in [0.2, 0.25) is 5.89 Å². The van der Waals surface area contributed by atoms with Gasteiger partial charge in [-0.05, 0) is 51.9 Å². The molecule has 3 rings (SSSR count). The Bertz CT molecular complexity index is 987. The Morgan fingerprint density at radius 1 is 1.42 bits per heavy atom. The van der Waals surface area contributed by atoms with Crippen molar-refractivity contribution in [3.05, 3.63) is 52.8 Å². The van der Waals surface area contributed by atoms with Crippen LogP contribution in [0.15, 0.2) is 46.3 Å². The van der Waals surface area contributed by atoms with Crippen LogP contribution < -0.4 is 15.4 Å². The van der Waals surface area contributed by atoms with Crippen LogP contribution in [0, 0.1) is 0 Å². The summed E-state index contributed by atoms with van der Waals surface area (Å²) in [5.74, 6) is 1.53. The maximum Gasteiger partial charge on any atom is 0.251 e. The molecule has 166 valence electrons. The summed E-state index contributed by atoms with van der Waals surface area (Å²) in [4.78, 5) is 13.5. The van der Waals surface area contributed by atoms with Crippen molar-refractivity contribution in [1.82, 2.24) is 25.7 Å². The van der Waals surface area contributed by atoms with Crippen molar-refractivity contribution < 1.29 is 13.9 Å². The van der Waals surface area contributed by atoms with E-state index >= 15 is 0 Å². The fourth-order valence-electron chi connectivity index (χ4n) is 3.69. The van der Waals surface area contributed by atoms with Crippen molar-refractivity contribution in [3.8, 4) is 17.2 Å². The highest BCUT2D eigenvalue weighted by atomic mass is 35.5. The molecule has 0 spiro atoms. The molecule has 0 amide bonds. The molecule has 2 N–H and O–H groups in total. The molecule has 1 aliphatic rings. The van der Waals surface area contributed by atoms with Gasteiger partial charge in [-0.2, -0.15) is 0 Å². The second-order valence-corrected chi connectivity index (χ2v) is 7.79. The van der Waals surface area contributed by atoms with E-state index in [2.05, 4.69) is 32.3 Å². The van der Waals surface area contributed by atoms with E-state index < -0.39 is 0 Å². The molecule has 0 aliphatic carbocycles. The van der Waals surface area contributed by atoms with E-state index in [0.717, 1.165) is 30.5 Å². The topological polar surface area (TPSA) is 92.5 Å². The summed E-state index contributed by atoms with van der Waals surface area (Å²) in [6.07, 6.45) is 2.45. The van der Waals surface area contributed by atoms with Gasteiger partial charge in [0.1, 0.15) is 5.75 Å². The molecule has 0 saturated carbocycles. The highest BCUT2D eigenvalue weighted by molar-refractivity contribution is 6.30. The van der Waals surface area contributed by atoms with Gasteiger partial charge in [0.15, 0.2) is 6.29 Å². The van der Waals surface area contributed by atoms with E-state index in [1.165, 1.54) is 0 Å². The number of halogens is 1. The summed E-state index contributed by atoms with van der Waals surface area (Å²) in [6, 6.07) is 5.27. The van der Waals surface area contributed by atoms with Gasteiger partial charge in [-0.1, -0.05) is 18.2 Å².